The van der Waals surface area contributed by atoms with Gasteiger partial charge in [0.25, 0.3) is 5.91 Å². The first-order chi connectivity index (χ1) is 14.7. The van der Waals surface area contributed by atoms with E-state index in [1.807, 2.05) is 37.3 Å². The molecule has 2 aromatic rings. The van der Waals surface area contributed by atoms with Crippen molar-refractivity contribution in [3.05, 3.63) is 59.1 Å². The molecule has 1 unspecified atom stereocenters. The SMILES string of the molecule is CCC(C(=O)OCC(=O)Nc1cc(S(=O)(=O)N(CC)CC)ccc1Cl)c1ccccc1. The van der Waals surface area contributed by atoms with Gasteiger partial charge in [0.15, 0.2) is 6.61 Å². The van der Waals surface area contributed by atoms with Crippen LogP contribution in [0, 0.1) is 0 Å². The first-order valence-corrected chi connectivity index (χ1v) is 11.9. The number of amides is 1. The molecule has 0 aromatic heterocycles. The summed E-state index contributed by atoms with van der Waals surface area (Å²) in [4.78, 5) is 24.7. The van der Waals surface area contributed by atoms with Crippen molar-refractivity contribution in [1.82, 2.24) is 4.31 Å². The van der Waals surface area contributed by atoms with Crippen molar-refractivity contribution in [2.75, 3.05) is 25.0 Å². The monoisotopic (exact) mass is 466 g/mol. The predicted octanol–water partition coefficient (Wildman–Crippen LogP) is 4.05. The van der Waals surface area contributed by atoms with Gasteiger partial charge in [-0.05, 0) is 30.2 Å². The second kappa shape index (κ2) is 11.3. The number of carbonyl (C=O) groups excluding carboxylic acids is 2. The third-order valence-electron chi connectivity index (χ3n) is 4.80. The van der Waals surface area contributed by atoms with Crippen LogP contribution in [-0.4, -0.2) is 44.3 Å². The highest BCUT2D eigenvalue weighted by Gasteiger charge is 2.24. The van der Waals surface area contributed by atoms with Gasteiger partial charge in [0.1, 0.15) is 0 Å². The van der Waals surface area contributed by atoms with Crippen molar-refractivity contribution >= 4 is 39.2 Å². The van der Waals surface area contributed by atoms with Crippen LogP contribution in [0.15, 0.2) is 53.4 Å². The Balaban J connectivity index is 2.08. The molecule has 0 saturated carbocycles. The van der Waals surface area contributed by atoms with Gasteiger partial charge in [0, 0.05) is 13.1 Å². The summed E-state index contributed by atoms with van der Waals surface area (Å²) in [6.45, 7) is 5.48. The van der Waals surface area contributed by atoms with E-state index in [4.69, 9.17) is 16.3 Å². The van der Waals surface area contributed by atoms with Crippen LogP contribution in [0.4, 0.5) is 5.69 Å². The molecule has 0 bridgehead atoms. The zero-order valence-corrected chi connectivity index (χ0v) is 19.4. The van der Waals surface area contributed by atoms with E-state index < -0.39 is 34.4 Å². The topological polar surface area (TPSA) is 92.8 Å². The zero-order valence-electron chi connectivity index (χ0n) is 17.8. The summed E-state index contributed by atoms with van der Waals surface area (Å²) in [6.07, 6.45) is 0.529. The third-order valence-corrected chi connectivity index (χ3v) is 7.17. The molecule has 2 rings (SSSR count). The molecular formula is C22H27ClN2O5S. The molecule has 0 aliphatic heterocycles. The zero-order chi connectivity index (χ0) is 23.0. The maximum Gasteiger partial charge on any atom is 0.313 e. The molecule has 0 saturated heterocycles. The highest BCUT2D eigenvalue weighted by Crippen LogP contribution is 2.27. The fourth-order valence-electron chi connectivity index (χ4n) is 3.12. The van der Waals surface area contributed by atoms with Gasteiger partial charge in [0.05, 0.1) is 21.5 Å². The van der Waals surface area contributed by atoms with Crippen molar-refractivity contribution in [3.8, 4) is 0 Å². The minimum Gasteiger partial charge on any atom is -0.455 e. The Labute approximate surface area is 188 Å². The first-order valence-electron chi connectivity index (χ1n) is 10.1. The molecule has 1 N–H and O–H groups in total. The van der Waals surface area contributed by atoms with Crippen LogP contribution < -0.4 is 5.32 Å². The Hall–Kier alpha value is -2.42. The normalized spacial score (nSPS) is 12.4. The molecule has 0 spiro atoms. The van der Waals surface area contributed by atoms with Crippen LogP contribution in [0.3, 0.4) is 0 Å². The molecular weight excluding hydrogens is 440 g/mol. The molecule has 31 heavy (non-hydrogen) atoms. The highest BCUT2D eigenvalue weighted by atomic mass is 35.5. The van der Waals surface area contributed by atoms with Gasteiger partial charge in [-0.2, -0.15) is 4.31 Å². The largest absolute Gasteiger partial charge is 0.455 e. The lowest BCUT2D eigenvalue weighted by Gasteiger charge is -2.19. The molecule has 0 fully saturated rings. The van der Waals surface area contributed by atoms with E-state index in [9.17, 15) is 18.0 Å². The lowest BCUT2D eigenvalue weighted by atomic mass is 9.97. The van der Waals surface area contributed by atoms with Crippen LogP contribution in [0.5, 0.6) is 0 Å². The van der Waals surface area contributed by atoms with Gasteiger partial charge in [0.2, 0.25) is 10.0 Å². The maximum absolute atomic E-state index is 12.7. The van der Waals surface area contributed by atoms with Crippen molar-refractivity contribution in [2.24, 2.45) is 0 Å². The molecule has 0 aliphatic carbocycles. The minimum atomic E-state index is -3.71. The number of benzene rings is 2. The van der Waals surface area contributed by atoms with E-state index in [1.54, 1.807) is 13.8 Å². The van der Waals surface area contributed by atoms with E-state index in [0.717, 1.165) is 5.56 Å². The summed E-state index contributed by atoms with van der Waals surface area (Å²) in [6, 6.07) is 13.3. The molecule has 0 heterocycles. The Morgan fingerprint density at radius 3 is 2.29 bits per heavy atom. The smallest absolute Gasteiger partial charge is 0.313 e. The number of esters is 1. The van der Waals surface area contributed by atoms with E-state index in [1.165, 1.54) is 22.5 Å². The molecule has 0 radical (unpaired) electrons. The Kier molecular flexibility index (Phi) is 9.03. The number of hydrogen-bond acceptors (Lipinski definition) is 5. The second-order valence-corrected chi connectivity index (χ2v) is 9.10. The summed E-state index contributed by atoms with van der Waals surface area (Å²) < 4.78 is 31.9. The van der Waals surface area contributed by atoms with Crippen LogP contribution in [0.1, 0.15) is 38.7 Å². The van der Waals surface area contributed by atoms with E-state index >= 15 is 0 Å². The van der Waals surface area contributed by atoms with Gasteiger partial charge in [-0.25, -0.2) is 8.42 Å². The average molecular weight is 467 g/mol. The Morgan fingerprint density at radius 2 is 1.71 bits per heavy atom. The molecule has 168 valence electrons. The minimum absolute atomic E-state index is 0.0167. The predicted molar refractivity (Wildman–Crippen MR) is 121 cm³/mol. The molecule has 2 aromatic carbocycles. The van der Waals surface area contributed by atoms with Gasteiger partial charge in [-0.15, -0.1) is 0 Å². The number of rotatable bonds is 10. The standard InChI is InChI=1S/C22H27ClN2O5S/c1-4-18(16-10-8-7-9-11-16)22(27)30-15-21(26)24-20-14-17(12-13-19(20)23)31(28,29)25(5-2)6-3/h7-14,18H,4-6,15H2,1-3H3,(H,24,26). The summed E-state index contributed by atoms with van der Waals surface area (Å²) in [5, 5.41) is 2.69. The van der Waals surface area contributed by atoms with E-state index in [2.05, 4.69) is 5.32 Å². The Bertz CT molecular complexity index is 1010. The number of sulfonamides is 1. The fourth-order valence-corrected chi connectivity index (χ4v) is 4.77. The van der Waals surface area contributed by atoms with Crippen LogP contribution in [-0.2, 0) is 24.3 Å². The quantitative estimate of drug-likeness (QED) is 0.533. The summed E-state index contributed by atoms with van der Waals surface area (Å²) >= 11 is 6.12. The van der Waals surface area contributed by atoms with Gasteiger partial charge >= 0.3 is 5.97 Å². The number of ether oxygens (including phenoxy) is 1. The summed E-state index contributed by atoms with van der Waals surface area (Å²) in [7, 11) is -3.71. The van der Waals surface area contributed by atoms with Crippen LogP contribution >= 0.6 is 11.6 Å². The van der Waals surface area contributed by atoms with Crippen LogP contribution in [0.2, 0.25) is 5.02 Å². The van der Waals surface area contributed by atoms with Crippen molar-refractivity contribution < 1.29 is 22.7 Å². The first kappa shape index (κ1) is 24.8. The lowest BCUT2D eigenvalue weighted by molar-refractivity contribution is -0.149. The number of halogens is 1. The second-order valence-electron chi connectivity index (χ2n) is 6.76. The van der Waals surface area contributed by atoms with Crippen molar-refractivity contribution in [2.45, 2.75) is 38.0 Å². The number of carbonyl (C=O) groups is 2. The van der Waals surface area contributed by atoms with Crippen LogP contribution in [0.25, 0.3) is 0 Å². The van der Waals surface area contributed by atoms with Crippen molar-refractivity contribution in [3.63, 3.8) is 0 Å². The average Bonchev–Trinajstić information content (AvgIpc) is 2.75. The van der Waals surface area contributed by atoms with E-state index in [0.29, 0.717) is 19.5 Å². The van der Waals surface area contributed by atoms with Gasteiger partial charge in [-0.1, -0.05) is 62.7 Å². The Morgan fingerprint density at radius 1 is 1.06 bits per heavy atom. The molecule has 1 atom stereocenters. The maximum atomic E-state index is 12.7. The lowest BCUT2D eigenvalue weighted by Crippen LogP contribution is -2.30. The van der Waals surface area contributed by atoms with E-state index in [-0.39, 0.29) is 15.6 Å². The highest BCUT2D eigenvalue weighted by molar-refractivity contribution is 7.89. The molecule has 1 amide bonds. The fraction of sp³-hybridized carbons (Fsp3) is 0.364. The number of nitrogens with one attached hydrogen (secondary N) is 1. The van der Waals surface area contributed by atoms with Gasteiger partial charge < -0.3 is 10.1 Å². The molecule has 9 heteroatoms. The van der Waals surface area contributed by atoms with Crippen molar-refractivity contribution in [1.29, 1.82) is 0 Å². The number of nitrogens with zero attached hydrogens (tertiary/aromatic N) is 1. The number of hydrogen-bond donors (Lipinski definition) is 1. The van der Waals surface area contributed by atoms with Gasteiger partial charge in [-0.3, -0.25) is 9.59 Å². The summed E-state index contributed by atoms with van der Waals surface area (Å²) in [5.41, 5.74) is 0.943. The molecule has 7 nitrogen and oxygen atoms in total. The third kappa shape index (κ3) is 6.29. The number of anilines is 1. The molecule has 0 aliphatic rings. The summed E-state index contributed by atoms with van der Waals surface area (Å²) in [5.74, 6) is -1.59.